The number of morpholine rings is 1. The fraction of sp³-hybridized carbons (Fsp3) is 0.529. The zero-order valence-corrected chi connectivity index (χ0v) is 14.3. The normalized spacial score (nSPS) is 16.5. The van der Waals surface area contributed by atoms with Crippen LogP contribution in [0.1, 0.15) is 44.4 Å². The van der Waals surface area contributed by atoms with E-state index in [0.717, 1.165) is 0 Å². The number of nitrogens with one attached hydrogen (secondary N) is 1. The van der Waals surface area contributed by atoms with E-state index in [-0.39, 0.29) is 17.8 Å². The molecule has 130 valence electrons. The summed E-state index contributed by atoms with van der Waals surface area (Å²) in [5.41, 5.74) is 1.29. The maximum absolute atomic E-state index is 14.4. The van der Waals surface area contributed by atoms with Gasteiger partial charge in [-0.25, -0.2) is 4.39 Å². The molecule has 0 unspecified atom stereocenters. The zero-order valence-electron chi connectivity index (χ0n) is 14.3. The molecule has 24 heavy (non-hydrogen) atoms. The molecule has 1 N–H and O–H groups in total. The van der Waals surface area contributed by atoms with Gasteiger partial charge in [0, 0.05) is 24.7 Å². The maximum atomic E-state index is 14.4. The standard InChI is InChI=1S/C17H23FN4O2/c1-11(2)16-20-17(24-21-16)12(3)19-13-4-5-15(14(18)10-13)22-6-8-23-9-7-22/h4-5,10-12,19H,6-9H2,1-3H3/t12-/m1/s1. The third-order valence-electron chi connectivity index (χ3n) is 4.03. The second-order valence-corrected chi connectivity index (χ2v) is 6.28. The Labute approximate surface area is 141 Å². The lowest BCUT2D eigenvalue weighted by molar-refractivity contribution is 0.122. The highest BCUT2D eigenvalue weighted by molar-refractivity contribution is 5.57. The van der Waals surface area contributed by atoms with Crippen molar-refractivity contribution in [2.24, 2.45) is 0 Å². The Morgan fingerprint density at radius 2 is 1.96 bits per heavy atom. The number of rotatable bonds is 5. The molecule has 2 aromatic rings. The largest absolute Gasteiger partial charge is 0.378 e. The molecule has 1 fully saturated rings. The molecule has 1 aliphatic rings. The fourth-order valence-corrected chi connectivity index (χ4v) is 2.63. The Bertz CT molecular complexity index is 683. The number of hydrogen-bond acceptors (Lipinski definition) is 6. The molecule has 0 aliphatic carbocycles. The molecule has 1 aliphatic heterocycles. The lowest BCUT2D eigenvalue weighted by Gasteiger charge is -2.29. The monoisotopic (exact) mass is 334 g/mol. The summed E-state index contributed by atoms with van der Waals surface area (Å²) >= 11 is 0. The lowest BCUT2D eigenvalue weighted by atomic mass is 10.2. The number of hydrogen-bond donors (Lipinski definition) is 1. The van der Waals surface area contributed by atoms with E-state index in [0.29, 0.717) is 49.4 Å². The van der Waals surface area contributed by atoms with E-state index in [9.17, 15) is 4.39 Å². The van der Waals surface area contributed by atoms with E-state index >= 15 is 0 Å². The fourth-order valence-electron chi connectivity index (χ4n) is 2.63. The van der Waals surface area contributed by atoms with Gasteiger partial charge in [-0.15, -0.1) is 0 Å². The van der Waals surface area contributed by atoms with Crippen molar-refractivity contribution in [1.82, 2.24) is 10.1 Å². The number of halogens is 1. The van der Waals surface area contributed by atoms with E-state index in [4.69, 9.17) is 9.26 Å². The summed E-state index contributed by atoms with van der Waals surface area (Å²) in [6.45, 7) is 8.60. The van der Waals surface area contributed by atoms with E-state index in [1.165, 1.54) is 6.07 Å². The SMILES string of the molecule is CC(C)c1noc([C@@H](C)Nc2ccc(N3CCOCC3)c(F)c2)n1. The molecular weight excluding hydrogens is 311 g/mol. The first-order valence-electron chi connectivity index (χ1n) is 8.27. The summed E-state index contributed by atoms with van der Waals surface area (Å²) in [7, 11) is 0. The van der Waals surface area contributed by atoms with E-state index in [1.54, 1.807) is 6.07 Å². The third-order valence-corrected chi connectivity index (χ3v) is 4.03. The smallest absolute Gasteiger partial charge is 0.248 e. The van der Waals surface area contributed by atoms with Gasteiger partial charge >= 0.3 is 0 Å². The van der Waals surface area contributed by atoms with Crippen LogP contribution in [0.2, 0.25) is 0 Å². The van der Waals surface area contributed by atoms with Crippen LogP contribution >= 0.6 is 0 Å². The van der Waals surface area contributed by atoms with Crippen LogP contribution in [0, 0.1) is 5.82 Å². The Hall–Kier alpha value is -2.15. The first kappa shape index (κ1) is 16.7. The minimum atomic E-state index is -0.248. The number of nitrogens with zero attached hydrogens (tertiary/aromatic N) is 3. The van der Waals surface area contributed by atoms with Crippen molar-refractivity contribution in [2.45, 2.75) is 32.7 Å². The first-order chi connectivity index (χ1) is 11.5. The van der Waals surface area contributed by atoms with Crippen LogP contribution in [-0.2, 0) is 4.74 Å². The number of anilines is 2. The van der Waals surface area contributed by atoms with Gasteiger partial charge in [0.25, 0.3) is 0 Å². The molecule has 0 amide bonds. The van der Waals surface area contributed by atoms with Gasteiger partial charge in [-0.3, -0.25) is 0 Å². The summed E-state index contributed by atoms with van der Waals surface area (Å²) in [4.78, 5) is 6.36. The highest BCUT2D eigenvalue weighted by Gasteiger charge is 2.18. The highest BCUT2D eigenvalue weighted by Crippen LogP contribution is 2.26. The molecule has 0 saturated carbocycles. The topological polar surface area (TPSA) is 63.4 Å². The molecule has 1 aromatic carbocycles. The molecule has 2 heterocycles. The Morgan fingerprint density at radius 1 is 1.21 bits per heavy atom. The van der Waals surface area contributed by atoms with Crippen LogP contribution in [0.5, 0.6) is 0 Å². The molecule has 0 bridgehead atoms. The van der Waals surface area contributed by atoms with E-state index < -0.39 is 0 Å². The molecule has 6 nitrogen and oxygen atoms in total. The van der Waals surface area contributed by atoms with Crippen LogP contribution in [0.15, 0.2) is 22.7 Å². The van der Waals surface area contributed by atoms with Gasteiger partial charge in [0.05, 0.1) is 18.9 Å². The van der Waals surface area contributed by atoms with Crippen LogP contribution in [0.4, 0.5) is 15.8 Å². The number of benzene rings is 1. The summed E-state index contributed by atoms with van der Waals surface area (Å²) in [6.07, 6.45) is 0. The minimum Gasteiger partial charge on any atom is -0.378 e. The van der Waals surface area contributed by atoms with Gasteiger partial charge < -0.3 is 19.5 Å². The van der Waals surface area contributed by atoms with Gasteiger partial charge in [0.2, 0.25) is 5.89 Å². The Morgan fingerprint density at radius 3 is 2.58 bits per heavy atom. The number of ether oxygens (including phenoxy) is 1. The van der Waals surface area contributed by atoms with Gasteiger partial charge in [-0.1, -0.05) is 19.0 Å². The van der Waals surface area contributed by atoms with Crippen molar-refractivity contribution in [2.75, 3.05) is 36.5 Å². The number of aromatic nitrogens is 2. The summed E-state index contributed by atoms with van der Waals surface area (Å²) in [5.74, 6) is 1.13. The van der Waals surface area contributed by atoms with Gasteiger partial charge in [-0.2, -0.15) is 4.98 Å². The second-order valence-electron chi connectivity index (χ2n) is 6.28. The van der Waals surface area contributed by atoms with Crippen molar-refractivity contribution in [1.29, 1.82) is 0 Å². The van der Waals surface area contributed by atoms with E-state index in [1.807, 2.05) is 31.7 Å². The van der Waals surface area contributed by atoms with Crippen LogP contribution in [0.3, 0.4) is 0 Å². The second kappa shape index (κ2) is 7.17. The molecule has 1 atom stereocenters. The molecule has 1 saturated heterocycles. The van der Waals surface area contributed by atoms with E-state index in [2.05, 4.69) is 15.5 Å². The van der Waals surface area contributed by atoms with Gasteiger partial charge in [0.1, 0.15) is 11.9 Å². The molecule has 0 radical (unpaired) electrons. The zero-order chi connectivity index (χ0) is 17.1. The quantitative estimate of drug-likeness (QED) is 0.905. The van der Waals surface area contributed by atoms with Crippen LogP contribution in [-0.4, -0.2) is 36.4 Å². The Balaban J connectivity index is 1.69. The predicted molar refractivity (Wildman–Crippen MR) is 89.9 cm³/mol. The predicted octanol–water partition coefficient (Wildman–Crippen LogP) is 3.34. The molecule has 0 spiro atoms. The van der Waals surface area contributed by atoms with Crippen molar-refractivity contribution < 1.29 is 13.7 Å². The lowest BCUT2D eigenvalue weighted by Crippen LogP contribution is -2.36. The summed E-state index contributed by atoms with van der Waals surface area (Å²) < 4.78 is 25.0. The van der Waals surface area contributed by atoms with Crippen molar-refractivity contribution >= 4 is 11.4 Å². The molecule has 7 heteroatoms. The minimum absolute atomic E-state index is 0.196. The van der Waals surface area contributed by atoms with Gasteiger partial charge in [-0.05, 0) is 25.1 Å². The van der Waals surface area contributed by atoms with Gasteiger partial charge in [0.15, 0.2) is 5.82 Å². The van der Waals surface area contributed by atoms with Crippen molar-refractivity contribution in [3.8, 4) is 0 Å². The molecule has 1 aromatic heterocycles. The summed E-state index contributed by atoms with van der Waals surface area (Å²) in [6, 6.07) is 4.97. The maximum Gasteiger partial charge on any atom is 0.248 e. The third kappa shape index (κ3) is 3.67. The first-order valence-corrected chi connectivity index (χ1v) is 8.27. The highest BCUT2D eigenvalue weighted by atomic mass is 19.1. The van der Waals surface area contributed by atoms with Crippen LogP contribution < -0.4 is 10.2 Å². The van der Waals surface area contributed by atoms with Crippen LogP contribution in [0.25, 0.3) is 0 Å². The van der Waals surface area contributed by atoms with Crippen molar-refractivity contribution in [3.05, 3.63) is 35.7 Å². The Kier molecular flexibility index (Phi) is 4.99. The van der Waals surface area contributed by atoms with Crippen molar-refractivity contribution in [3.63, 3.8) is 0 Å². The molecular formula is C17H23FN4O2. The average Bonchev–Trinajstić information content (AvgIpc) is 3.06. The molecule has 3 rings (SSSR count). The summed E-state index contributed by atoms with van der Waals surface area (Å²) in [5, 5.41) is 7.15. The average molecular weight is 334 g/mol.